The lowest BCUT2D eigenvalue weighted by Gasteiger charge is -2.40. The Kier molecular flexibility index (Phi) is 8.27. The third-order valence-electron chi connectivity index (χ3n) is 5.07. The first-order valence-corrected chi connectivity index (χ1v) is 10.6. The van der Waals surface area contributed by atoms with E-state index in [-0.39, 0.29) is 24.6 Å². The fourth-order valence-electron chi connectivity index (χ4n) is 3.60. The summed E-state index contributed by atoms with van der Waals surface area (Å²) in [5.41, 5.74) is 7.27. The molecule has 1 unspecified atom stereocenters. The van der Waals surface area contributed by atoms with Crippen LogP contribution in [0.3, 0.4) is 0 Å². The quantitative estimate of drug-likeness (QED) is 0.601. The molecule has 1 heterocycles. The van der Waals surface area contributed by atoms with Crippen LogP contribution in [-0.4, -0.2) is 68.3 Å². The van der Waals surface area contributed by atoms with E-state index in [1.165, 1.54) is 7.11 Å². The van der Waals surface area contributed by atoms with Crippen LogP contribution in [-0.2, 0) is 9.47 Å². The molecule has 0 spiro atoms. The van der Waals surface area contributed by atoms with Crippen molar-refractivity contribution in [1.29, 1.82) is 0 Å². The molecular weight excluding hydrogens is 400 g/mol. The number of hydrogen-bond donors (Lipinski definition) is 3. The van der Waals surface area contributed by atoms with Crippen LogP contribution in [0.25, 0.3) is 0 Å². The highest BCUT2D eigenvalue weighted by molar-refractivity contribution is 6.00. The van der Waals surface area contributed by atoms with Gasteiger partial charge in [-0.05, 0) is 52.3 Å². The lowest BCUT2D eigenvalue weighted by atomic mass is 9.96. The van der Waals surface area contributed by atoms with Crippen molar-refractivity contribution in [1.82, 2.24) is 5.32 Å². The summed E-state index contributed by atoms with van der Waals surface area (Å²) >= 11 is 0. The third kappa shape index (κ3) is 6.32. The molecule has 0 radical (unpaired) electrons. The maximum absolute atomic E-state index is 12.8. The average molecular weight is 437 g/mol. The fourth-order valence-corrected chi connectivity index (χ4v) is 3.60. The molecule has 0 saturated carbocycles. The predicted octanol–water partition coefficient (Wildman–Crippen LogP) is 2.42. The smallest absolute Gasteiger partial charge is 0.414 e. The second-order valence-electron chi connectivity index (χ2n) is 8.86. The number of rotatable bonds is 7. The molecule has 2 rings (SSSR count). The van der Waals surface area contributed by atoms with E-state index in [1.807, 2.05) is 25.1 Å². The van der Waals surface area contributed by atoms with Crippen LogP contribution in [0, 0.1) is 0 Å². The van der Waals surface area contributed by atoms with Crippen LogP contribution in [0.15, 0.2) is 18.2 Å². The highest BCUT2D eigenvalue weighted by atomic mass is 16.6. The van der Waals surface area contributed by atoms with Crippen molar-refractivity contribution in [3.05, 3.63) is 23.8 Å². The number of nitrogens with one attached hydrogen (secondary N) is 1. The number of amides is 2. The Labute approximate surface area is 184 Å². The summed E-state index contributed by atoms with van der Waals surface area (Å²) in [4.78, 5) is 28.3. The van der Waals surface area contributed by atoms with Crippen molar-refractivity contribution in [3.8, 4) is 0 Å². The Bertz CT molecular complexity index is 778. The Hall–Kier alpha value is -2.36. The van der Waals surface area contributed by atoms with E-state index in [0.29, 0.717) is 31.0 Å². The van der Waals surface area contributed by atoms with E-state index in [4.69, 9.17) is 15.2 Å². The fraction of sp³-hybridized carbons (Fsp3) is 0.636. The largest absolute Gasteiger partial charge is 0.452 e. The van der Waals surface area contributed by atoms with Gasteiger partial charge >= 0.3 is 12.2 Å². The third-order valence-corrected chi connectivity index (χ3v) is 5.07. The summed E-state index contributed by atoms with van der Waals surface area (Å²) in [6.07, 6.45) is -1.22. The van der Waals surface area contributed by atoms with Gasteiger partial charge in [0.1, 0.15) is 0 Å². The van der Waals surface area contributed by atoms with Crippen LogP contribution in [0.2, 0.25) is 0 Å². The molecule has 2 atom stereocenters. The minimum absolute atomic E-state index is 0.0402. The molecule has 2 amide bonds. The van der Waals surface area contributed by atoms with Crippen LogP contribution >= 0.6 is 0 Å². The summed E-state index contributed by atoms with van der Waals surface area (Å²) in [7, 11) is 1.33. The number of anilines is 2. The van der Waals surface area contributed by atoms with Crippen LogP contribution in [0.1, 0.15) is 46.1 Å². The molecule has 1 aromatic rings. The number of fused-ring (bicyclic) bond motifs is 1. The van der Waals surface area contributed by atoms with Gasteiger partial charge in [0, 0.05) is 25.6 Å². The van der Waals surface area contributed by atoms with Gasteiger partial charge in [0.15, 0.2) is 0 Å². The topological polar surface area (TPSA) is 117 Å². The Morgan fingerprint density at radius 3 is 2.52 bits per heavy atom. The monoisotopic (exact) mass is 436 g/mol. The molecule has 4 N–H and O–H groups in total. The second-order valence-corrected chi connectivity index (χ2v) is 8.86. The minimum atomic E-state index is -0.830. The lowest BCUT2D eigenvalue weighted by molar-refractivity contribution is 0.0796. The maximum Gasteiger partial charge on any atom is 0.414 e. The SMILES string of the molecule is COC(=O)N1c2ccc(C(CN)CNCC(C)(C)O)cc2N(C(=O)OC(C)C)C[C@@H]1C. The van der Waals surface area contributed by atoms with E-state index in [1.54, 1.807) is 37.5 Å². The standard InChI is InChI=1S/C22H36N4O5/c1-14(2)31-20(27)25-12-15(3)26(21(28)30-6)18-8-7-16(9-19(18)25)17(10-23)11-24-13-22(4,5)29/h7-9,14-15,17,24,29H,10-13,23H2,1-6H3/t15-,17?/m0/s1. The molecule has 0 aliphatic carbocycles. The summed E-state index contributed by atoms with van der Waals surface area (Å²) in [6.45, 7) is 10.6. The van der Waals surface area contributed by atoms with Gasteiger partial charge in [-0.3, -0.25) is 9.80 Å². The molecule has 1 aliphatic heterocycles. The number of nitrogens with two attached hydrogens (primary N) is 1. The number of methoxy groups -OCH3 is 1. The summed E-state index contributed by atoms with van der Waals surface area (Å²) in [6, 6.07) is 5.31. The highest BCUT2D eigenvalue weighted by Crippen LogP contribution is 2.38. The van der Waals surface area contributed by atoms with E-state index >= 15 is 0 Å². The van der Waals surface area contributed by atoms with E-state index in [9.17, 15) is 14.7 Å². The highest BCUT2D eigenvalue weighted by Gasteiger charge is 2.37. The van der Waals surface area contributed by atoms with Crippen molar-refractivity contribution >= 4 is 23.6 Å². The zero-order valence-corrected chi connectivity index (χ0v) is 19.3. The molecule has 1 aliphatic rings. The molecule has 174 valence electrons. The van der Waals surface area contributed by atoms with Crippen molar-refractivity contribution < 1.29 is 24.2 Å². The molecule has 0 aromatic heterocycles. The first-order chi connectivity index (χ1) is 14.5. The molecule has 9 nitrogen and oxygen atoms in total. The lowest BCUT2D eigenvalue weighted by Crippen LogP contribution is -2.52. The molecule has 0 saturated heterocycles. The second kappa shape index (κ2) is 10.3. The normalized spacial score (nSPS) is 17.4. The minimum Gasteiger partial charge on any atom is -0.452 e. The summed E-state index contributed by atoms with van der Waals surface area (Å²) in [5, 5.41) is 13.2. The van der Waals surface area contributed by atoms with Gasteiger partial charge in [-0.25, -0.2) is 9.59 Å². The van der Waals surface area contributed by atoms with Crippen molar-refractivity contribution in [2.24, 2.45) is 5.73 Å². The van der Waals surface area contributed by atoms with Gasteiger partial charge in [-0.1, -0.05) is 6.07 Å². The molecular formula is C22H36N4O5. The first-order valence-electron chi connectivity index (χ1n) is 10.6. The molecule has 0 bridgehead atoms. The van der Waals surface area contributed by atoms with Gasteiger partial charge in [0.05, 0.1) is 42.8 Å². The number of nitrogens with zero attached hydrogens (tertiary/aromatic N) is 2. The molecule has 31 heavy (non-hydrogen) atoms. The molecule has 9 heteroatoms. The van der Waals surface area contributed by atoms with Gasteiger partial charge < -0.3 is 25.6 Å². The molecule has 0 fully saturated rings. The Morgan fingerprint density at radius 1 is 1.29 bits per heavy atom. The number of benzene rings is 1. The predicted molar refractivity (Wildman–Crippen MR) is 121 cm³/mol. The van der Waals surface area contributed by atoms with Crippen LogP contribution < -0.4 is 20.9 Å². The number of ether oxygens (including phenoxy) is 2. The number of carbonyl (C=O) groups excluding carboxylic acids is 2. The van der Waals surface area contributed by atoms with Gasteiger partial charge in [0.2, 0.25) is 0 Å². The first kappa shape index (κ1) is 24.9. The van der Waals surface area contributed by atoms with E-state index < -0.39 is 17.8 Å². The van der Waals surface area contributed by atoms with Gasteiger partial charge in [0.25, 0.3) is 0 Å². The summed E-state index contributed by atoms with van der Waals surface area (Å²) < 4.78 is 10.4. The Balaban J connectivity index is 2.41. The van der Waals surface area contributed by atoms with Crippen LogP contribution in [0.5, 0.6) is 0 Å². The average Bonchev–Trinajstić information content (AvgIpc) is 2.68. The Morgan fingerprint density at radius 2 is 1.97 bits per heavy atom. The number of aliphatic hydroxyl groups is 1. The van der Waals surface area contributed by atoms with Gasteiger partial charge in [-0.15, -0.1) is 0 Å². The van der Waals surface area contributed by atoms with Crippen molar-refractivity contribution in [3.63, 3.8) is 0 Å². The van der Waals surface area contributed by atoms with Crippen molar-refractivity contribution in [2.75, 3.05) is 43.1 Å². The zero-order valence-electron chi connectivity index (χ0n) is 19.3. The van der Waals surface area contributed by atoms with E-state index in [2.05, 4.69) is 5.32 Å². The zero-order chi connectivity index (χ0) is 23.3. The summed E-state index contributed by atoms with van der Waals surface area (Å²) in [5.74, 6) is -0.0402. The maximum atomic E-state index is 12.8. The van der Waals surface area contributed by atoms with Crippen molar-refractivity contribution in [2.45, 2.75) is 58.3 Å². The number of hydrogen-bond acceptors (Lipinski definition) is 7. The van der Waals surface area contributed by atoms with Gasteiger partial charge in [-0.2, -0.15) is 0 Å². The van der Waals surface area contributed by atoms with E-state index in [0.717, 1.165) is 5.56 Å². The molecule has 1 aromatic carbocycles. The number of carbonyl (C=O) groups is 2. The van der Waals surface area contributed by atoms with Crippen LogP contribution in [0.4, 0.5) is 21.0 Å².